The lowest BCUT2D eigenvalue weighted by Crippen LogP contribution is -2.34. The van der Waals surface area contributed by atoms with Gasteiger partial charge in [-0.15, -0.1) is 11.3 Å². The molecule has 0 radical (unpaired) electrons. The van der Waals surface area contributed by atoms with Crippen LogP contribution in [0.4, 0.5) is 0 Å². The van der Waals surface area contributed by atoms with Gasteiger partial charge in [-0.25, -0.2) is 13.1 Å². The molecule has 0 fully saturated rings. The Labute approximate surface area is 133 Å². The number of aryl methyl sites for hydroxylation is 1. The zero-order valence-electron chi connectivity index (χ0n) is 13.7. The first-order chi connectivity index (χ1) is 9.77. The Morgan fingerprint density at radius 2 is 1.95 bits per heavy atom. The molecule has 1 aromatic rings. The molecule has 0 saturated carbocycles. The van der Waals surface area contributed by atoms with Crippen LogP contribution in [0.15, 0.2) is 10.3 Å². The number of thiophene rings is 1. The van der Waals surface area contributed by atoms with E-state index in [9.17, 15) is 8.42 Å². The molecular formula is C15H28N2O2S2. The second kappa shape index (κ2) is 8.27. The van der Waals surface area contributed by atoms with Crippen molar-refractivity contribution in [2.45, 2.75) is 64.9 Å². The third-order valence-electron chi connectivity index (χ3n) is 3.15. The molecule has 4 nitrogen and oxygen atoms in total. The molecule has 21 heavy (non-hydrogen) atoms. The fraction of sp³-hybridized carbons (Fsp3) is 0.733. The molecule has 1 atom stereocenters. The van der Waals surface area contributed by atoms with E-state index in [1.165, 1.54) is 11.3 Å². The van der Waals surface area contributed by atoms with Crippen molar-refractivity contribution in [1.82, 2.24) is 10.0 Å². The van der Waals surface area contributed by atoms with Crippen LogP contribution in [0.5, 0.6) is 0 Å². The van der Waals surface area contributed by atoms with Crippen LogP contribution >= 0.6 is 11.3 Å². The summed E-state index contributed by atoms with van der Waals surface area (Å²) in [5.74, 6) is 0.469. The molecular weight excluding hydrogens is 304 g/mol. The highest BCUT2D eigenvalue weighted by atomic mass is 32.2. The number of hydrogen-bond acceptors (Lipinski definition) is 4. The minimum Gasteiger partial charge on any atom is -0.312 e. The fourth-order valence-electron chi connectivity index (χ4n) is 2.43. The molecule has 0 aliphatic rings. The summed E-state index contributed by atoms with van der Waals surface area (Å²) in [5, 5.41) is 5.20. The van der Waals surface area contributed by atoms with Gasteiger partial charge in [0.1, 0.15) is 4.90 Å². The standard InChI is InChI=1S/C15H28N2O2S2/c1-6-7-16-9-14-15(12(4)10-20-14)21(18,19)17-13(5)8-11(2)3/h10-11,13,16-17H,6-9H2,1-5H3. The lowest BCUT2D eigenvalue weighted by Gasteiger charge is -2.17. The minimum atomic E-state index is -3.44. The third kappa shape index (κ3) is 5.70. The summed E-state index contributed by atoms with van der Waals surface area (Å²) in [6, 6.07) is -0.0502. The maximum absolute atomic E-state index is 12.6. The van der Waals surface area contributed by atoms with E-state index >= 15 is 0 Å². The number of hydrogen-bond donors (Lipinski definition) is 2. The first-order valence-electron chi connectivity index (χ1n) is 7.58. The second-order valence-electron chi connectivity index (χ2n) is 6.00. The zero-order chi connectivity index (χ0) is 16.0. The van der Waals surface area contributed by atoms with Gasteiger partial charge in [0, 0.05) is 17.5 Å². The van der Waals surface area contributed by atoms with Gasteiger partial charge in [0.25, 0.3) is 0 Å². The fourth-order valence-corrected chi connectivity index (χ4v) is 5.46. The normalized spacial score (nSPS) is 13.8. The summed E-state index contributed by atoms with van der Waals surface area (Å²) in [7, 11) is -3.44. The van der Waals surface area contributed by atoms with Crippen LogP contribution in [-0.4, -0.2) is 21.0 Å². The summed E-state index contributed by atoms with van der Waals surface area (Å²) < 4.78 is 28.1. The summed E-state index contributed by atoms with van der Waals surface area (Å²) in [5.41, 5.74) is 0.831. The minimum absolute atomic E-state index is 0.0502. The number of nitrogens with one attached hydrogen (secondary N) is 2. The largest absolute Gasteiger partial charge is 0.312 e. The van der Waals surface area contributed by atoms with Crippen molar-refractivity contribution in [1.29, 1.82) is 0 Å². The summed E-state index contributed by atoms with van der Waals surface area (Å²) >= 11 is 1.51. The predicted octanol–water partition coefficient (Wildman–Crippen LogP) is 3.27. The highest BCUT2D eigenvalue weighted by Gasteiger charge is 2.24. The Kier molecular flexibility index (Phi) is 7.33. The van der Waals surface area contributed by atoms with Crippen LogP contribution in [0, 0.1) is 12.8 Å². The molecule has 2 N–H and O–H groups in total. The van der Waals surface area contributed by atoms with Gasteiger partial charge in [-0.1, -0.05) is 20.8 Å². The van der Waals surface area contributed by atoms with Crippen molar-refractivity contribution >= 4 is 21.4 Å². The maximum Gasteiger partial charge on any atom is 0.242 e. The van der Waals surface area contributed by atoms with Gasteiger partial charge >= 0.3 is 0 Å². The second-order valence-corrected chi connectivity index (χ2v) is 8.61. The lowest BCUT2D eigenvalue weighted by molar-refractivity contribution is 0.482. The molecule has 1 rings (SSSR count). The van der Waals surface area contributed by atoms with Gasteiger partial charge in [-0.2, -0.15) is 0 Å². The summed E-state index contributed by atoms with van der Waals surface area (Å²) in [6.07, 6.45) is 1.88. The van der Waals surface area contributed by atoms with Crippen LogP contribution < -0.4 is 10.0 Å². The van der Waals surface area contributed by atoms with Crippen molar-refractivity contribution in [3.8, 4) is 0 Å². The van der Waals surface area contributed by atoms with Crippen LogP contribution in [0.2, 0.25) is 0 Å². The highest BCUT2D eigenvalue weighted by molar-refractivity contribution is 7.89. The molecule has 1 unspecified atom stereocenters. The van der Waals surface area contributed by atoms with Crippen LogP contribution in [0.25, 0.3) is 0 Å². The van der Waals surface area contributed by atoms with Crippen molar-refractivity contribution in [2.75, 3.05) is 6.54 Å². The molecule has 0 amide bonds. The maximum atomic E-state index is 12.6. The van der Waals surface area contributed by atoms with E-state index in [1.807, 2.05) is 19.2 Å². The van der Waals surface area contributed by atoms with Gasteiger partial charge in [0.05, 0.1) is 0 Å². The number of sulfonamides is 1. The summed E-state index contributed by atoms with van der Waals surface area (Å²) in [4.78, 5) is 1.36. The van der Waals surface area contributed by atoms with Crippen molar-refractivity contribution in [2.24, 2.45) is 5.92 Å². The molecule has 0 saturated heterocycles. The van der Waals surface area contributed by atoms with Crippen molar-refractivity contribution in [3.63, 3.8) is 0 Å². The molecule has 122 valence electrons. The van der Waals surface area contributed by atoms with Gasteiger partial charge in [-0.3, -0.25) is 0 Å². The van der Waals surface area contributed by atoms with Gasteiger partial charge in [0.2, 0.25) is 10.0 Å². The predicted molar refractivity (Wildman–Crippen MR) is 90.3 cm³/mol. The summed E-state index contributed by atoms with van der Waals surface area (Å²) in [6.45, 7) is 11.6. The monoisotopic (exact) mass is 332 g/mol. The quantitative estimate of drug-likeness (QED) is 0.682. The van der Waals surface area contributed by atoms with Crippen LogP contribution in [-0.2, 0) is 16.6 Å². The van der Waals surface area contributed by atoms with Crippen molar-refractivity contribution < 1.29 is 8.42 Å². The van der Waals surface area contributed by atoms with Gasteiger partial charge in [0.15, 0.2) is 0 Å². The highest BCUT2D eigenvalue weighted by Crippen LogP contribution is 2.27. The Morgan fingerprint density at radius 3 is 2.52 bits per heavy atom. The molecule has 1 aromatic heterocycles. The third-order valence-corrected chi connectivity index (χ3v) is 6.20. The Morgan fingerprint density at radius 1 is 1.29 bits per heavy atom. The molecule has 0 aliphatic heterocycles. The first kappa shape index (κ1) is 18.6. The lowest BCUT2D eigenvalue weighted by atomic mass is 10.1. The van der Waals surface area contributed by atoms with Crippen LogP contribution in [0.1, 0.15) is 51.0 Å². The van der Waals surface area contributed by atoms with E-state index in [1.54, 1.807) is 0 Å². The molecule has 0 aliphatic carbocycles. The van der Waals surface area contributed by atoms with Gasteiger partial charge in [-0.05, 0) is 50.1 Å². The molecule has 6 heteroatoms. The number of rotatable bonds is 9. The van der Waals surface area contributed by atoms with E-state index in [-0.39, 0.29) is 6.04 Å². The molecule has 0 spiro atoms. The smallest absolute Gasteiger partial charge is 0.242 e. The average Bonchev–Trinajstić information content (AvgIpc) is 2.69. The van der Waals surface area contributed by atoms with E-state index in [0.717, 1.165) is 29.8 Å². The van der Waals surface area contributed by atoms with E-state index < -0.39 is 10.0 Å². The van der Waals surface area contributed by atoms with Gasteiger partial charge < -0.3 is 5.32 Å². The Balaban J connectivity index is 2.89. The average molecular weight is 333 g/mol. The Bertz CT molecular complexity index is 536. The van der Waals surface area contributed by atoms with E-state index in [4.69, 9.17) is 0 Å². The topological polar surface area (TPSA) is 58.2 Å². The SMILES string of the molecule is CCCNCc1scc(C)c1S(=O)(=O)NC(C)CC(C)C. The molecule has 0 aromatic carbocycles. The zero-order valence-corrected chi connectivity index (χ0v) is 15.3. The van der Waals surface area contributed by atoms with Crippen LogP contribution in [0.3, 0.4) is 0 Å². The van der Waals surface area contributed by atoms with E-state index in [2.05, 4.69) is 30.8 Å². The molecule has 1 heterocycles. The first-order valence-corrected chi connectivity index (χ1v) is 9.94. The Hall–Kier alpha value is -0.430. The van der Waals surface area contributed by atoms with Crippen molar-refractivity contribution in [3.05, 3.63) is 15.8 Å². The molecule has 0 bridgehead atoms. The van der Waals surface area contributed by atoms with E-state index in [0.29, 0.717) is 17.4 Å².